The number of aromatic carboxylic acids is 2. The molecule has 0 bridgehead atoms. The second-order valence-electron chi connectivity index (χ2n) is 5.69. The van der Waals surface area contributed by atoms with Crippen molar-refractivity contribution in [3.8, 4) is 0 Å². The van der Waals surface area contributed by atoms with Crippen LogP contribution in [0.1, 0.15) is 59.5 Å². The molecule has 1 rings (SSSR count). The minimum Gasteiger partial charge on any atom is -0.478 e. The molecule has 0 amide bonds. The molecule has 1 aromatic rings. The van der Waals surface area contributed by atoms with Gasteiger partial charge in [0.2, 0.25) is 0 Å². The molecule has 26 heavy (non-hydrogen) atoms. The van der Waals surface area contributed by atoms with Gasteiger partial charge < -0.3 is 29.2 Å². The number of hydrogen-bond donors (Lipinski definition) is 2. The summed E-state index contributed by atoms with van der Waals surface area (Å²) in [6.45, 7) is 7.11. The highest BCUT2D eigenvalue weighted by Gasteiger charge is 2.42. The number of rotatable bonds is 10. The Hall–Kier alpha value is -2.00. The molecule has 1 aromatic carbocycles. The summed E-state index contributed by atoms with van der Waals surface area (Å²) in [6, 6.07) is 2.67. The number of carbonyl (C=O) groups is 2. The van der Waals surface area contributed by atoms with E-state index in [1.54, 1.807) is 20.8 Å². The van der Waals surface area contributed by atoms with Crippen LogP contribution in [0, 0.1) is 0 Å². The molecule has 0 radical (unpaired) electrons. The predicted octanol–water partition coefficient (Wildman–Crippen LogP) is 2.79. The van der Waals surface area contributed by atoms with Crippen LogP contribution in [0.25, 0.3) is 0 Å². The maximum absolute atomic E-state index is 12.0. The summed E-state index contributed by atoms with van der Waals surface area (Å²) < 4.78 is 22.3. The Morgan fingerprint density at radius 2 is 1.42 bits per heavy atom. The van der Waals surface area contributed by atoms with Crippen LogP contribution in [0.3, 0.4) is 0 Å². The molecule has 2 N–H and O–H groups in total. The molecule has 0 aromatic heterocycles. The van der Waals surface area contributed by atoms with Gasteiger partial charge in [-0.3, -0.25) is 0 Å². The molecule has 0 fully saturated rings. The highest BCUT2D eigenvalue weighted by Crippen LogP contribution is 2.40. The Labute approximate surface area is 152 Å². The van der Waals surface area contributed by atoms with Gasteiger partial charge in [-0.05, 0) is 33.8 Å². The molecule has 146 valence electrons. The zero-order valence-electron chi connectivity index (χ0n) is 15.9. The summed E-state index contributed by atoms with van der Waals surface area (Å²) in [4.78, 5) is 23.6. The quantitative estimate of drug-likeness (QED) is 0.605. The van der Waals surface area contributed by atoms with Crippen LogP contribution in [0.4, 0.5) is 0 Å². The molecular formula is C18H26O8. The van der Waals surface area contributed by atoms with Gasteiger partial charge in [0.15, 0.2) is 11.6 Å². The van der Waals surface area contributed by atoms with Crippen molar-refractivity contribution >= 4 is 11.9 Å². The average molecular weight is 370 g/mol. The molecule has 0 aliphatic carbocycles. The van der Waals surface area contributed by atoms with E-state index in [0.29, 0.717) is 5.56 Å². The summed E-state index contributed by atoms with van der Waals surface area (Å²) in [6.07, 6.45) is 0. The van der Waals surface area contributed by atoms with E-state index < -0.39 is 29.1 Å². The van der Waals surface area contributed by atoms with Crippen LogP contribution in [0.5, 0.6) is 0 Å². The molecule has 0 saturated heterocycles. The van der Waals surface area contributed by atoms with Crippen molar-refractivity contribution in [2.45, 2.75) is 39.3 Å². The number of methoxy groups -OCH3 is 2. The van der Waals surface area contributed by atoms with Crippen LogP contribution >= 0.6 is 0 Å². The number of hydrogen-bond acceptors (Lipinski definition) is 6. The summed E-state index contributed by atoms with van der Waals surface area (Å²) in [5, 5.41) is 19.2. The molecule has 8 nitrogen and oxygen atoms in total. The van der Waals surface area contributed by atoms with E-state index in [1.807, 2.05) is 0 Å². The van der Waals surface area contributed by atoms with E-state index in [1.165, 1.54) is 33.3 Å². The van der Waals surface area contributed by atoms with Gasteiger partial charge in [-0.2, -0.15) is 0 Å². The summed E-state index contributed by atoms with van der Waals surface area (Å²) in [7, 11) is 2.76. The molecule has 0 heterocycles. The Bertz CT molecular complexity index is 671. The number of ether oxygens (including phenoxy) is 4. The number of carboxylic acids is 2. The van der Waals surface area contributed by atoms with Crippen molar-refractivity contribution in [1.29, 1.82) is 0 Å². The standard InChI is InChI=1S/C18H26O8/c1-7-25-17(3,23-5)12-10-9-11(15(19)20)13(16(21)22)14(12)18(4,24-6)26-8-2/h9-10H,7-8H2,1-6H3,(H,19,20)(H,21,22). The second-order valence-corrected chi connectivity index (χ2v) is 5.69. The summed E-state index contributed by atoms with van der Waals surface area (Å²) >= 11 is 0. The first-order chi connectivity index (χ1) is 12.1. The molecule has 0 saturated carbocycles. The SMILES string of the molecule is CCOC(C)(OC)c1ccc(C(=O)O)c(C(=O)O)c1C(C)(OC)OCC. The first-order valence-corrected chi connectivity index (χ1v) is 8.14. The van der Waals surface area contributed by atoms with Crippen LogP contribution in [-0.4, -0.2) is 49.6 Å². The molecule has 0 aliphatic heterocycles. The first-order valence-electron chi connectivity index (χ1n) is 8.14. The highest BCUT2D eigenvalue weighted by molar-refractivity contribution is 6.03. The molecular weight excluding hydrogens is 344 g/mol. The van der Waals surface area contributed by atoms with Crippen molar-refractivity contribution < 1.29 is 38.7 Å². The van der Waals surface area contributed by atoms with Gasteiger partial charge >= 0.3 is 11.9 Å². The van der Waals surface area contributed by atoms with E-state index in [-0.39, 0.29) is 24.3 Å². The maximum Gasteiger partial charge on any atom is 0.337 e. The van der Waals surface area contributed by atoms with E-state index in [0.717, 1.165) is 0 Å². The van der Waals surface area contributed by atoms with Gasteiger partial charge in [0.25, 0.3) is 0 Å². The third kappa shape index (κ3) is 4.04. The fourth-order valence-corrected chi connectivity index (χ4v) is 2.88. The largest absolute Gasteiger partial charge is 0.478 e. The normalized spacial score (nSPS) is 15.9. The minimum atomic E-state index is -1.53. The highest BCUT2D eigenvalue weighted by atomic mass is 16.7. The Kier molecular flexibility index (Phi) is 7.28. The lowest BCUT2D eigenvalue weighted by atomic mass is 9.87. The summed E-state index contributed by atoms with van der Waals surface area (Å²) in [5.41, 5.74) is -0.473. The van der Waals surface area contributed by atoms with Gasteiger partial charge in [0.05, 0.1) is 11.1 Å². The third-order valence-electron chi connectivity index (χ3n) is 4.21. The average Bonchev–Trinajstić information content (AvgIpc) is 2.60. The van der Waals surface area contributed by atoms with Gasteiger partial charge in [0.1, 0.15) is 0 Å². The van der Waals surface area contributed by atoms with Crippen LogP contribution < -0.4 is 0 Å². The smallest absolute Gasteiger partial charge is 0.337 e. The van der Waals surface area contributed by atoms with Gasteiger partial charge in [0, 0.05) is 38.6 Å². The molecule has 8 heteroatoms. The zero-order chi connectivity index (χ0) is 20.1. The van der Waals surface area contributed by atoms with Gasteiger partial charge in [-0.15, -0.1) is 0 Å². The van der Waals surface area contributed by atoms with E-state index in [4.69, 9.17) is 18.9 Å². The molecule has 0 spiro atoms. The van der Waals surface area contributed by atoms with E-state index in [9.17, 15) is 19.8 Å². The van der Waals surface area contributed by atoms with E-state index in [2.05, 4.69) is 0 Å². The fourth-order valence-electron chi connectivity index (χ4n) is 2.88. The van der Waals surface area contributed by atoms with Crippen LogP contribution in [0.2, 0.25) is 0 Å². The first kappa shape index (κ1) is 22.0. The third-order valence-corrected chi connectivity index (χ3v) is 4.21. The maximum atomic E-state index is 12.0. The van der Waals surface area contributed by atoms with Crippen molar-refractivity contribution in [3.05, 3.63) is 34.4 Å². The Balaban J connectivity index is 4.01. The molecule has 0 aliphatic rings. The zero-order valence-corrected chi connectivity index (χ0v) is 15.9. The fraction of sp³-hybridized carbons (Fsp3) is 0.556. The lowest BCUT2D eigenvalue weighted by Gasteiger charge is -2.37. The van der Waals surface area contributed by atoms with Crippen molar-refractivity contribution in [3.63, 3.8) is 0 Å². The van der Waals surface area contributed by atoms with E-state index >= 15 is 0 Å². The minimum absolute atomic E-state index is 0.0343. The van der Waals surface area contributed by atoms with Crippen LogP contribution in [-0.2, 0) is 30.5 Å². The topological polar surface area (TPSA) is 112 Å². The van der Waals surface area contributed by atoms with Crippen molar-refractivity contribution in [2.24, 2.45) is 0 Å². The number of benzene rings is 1. The van der Waals surface area contributed by atoms with Crippen LogP contribution in [0.15, 0.2) is 12.1 Å². The van der Waals surface area contributed by atoms with Crippen molar-refractivity contribution in [1.82, 2.24) is 0 Å². The molecule has 2 unspecified atom stereocenters. The Morgan fingerprint density at radius 3 is 1.81 bits per heavy atom. The van der Waals surface area contributed by atoms with Crippen molar-refractivity contribution in [2.75, 3.05) is 27.4 Å². The lowest BCUT2D eigenvalue weighted by Crippen LogP contribution is -2.38. The predicted molar refractivity (Wildman–Crippen MR) is 92.3 cm³/mol. The van der Waals surface area contributed by atoms with Gasteiger partial charge in [-0.25, -0.2) is 9.59 Å². The number of carboxylic acid groups (broad SMARTS) is 2. The molecule has 2 atom stereocenters. The summed E-state index contributed by atoms with van der Waals surface area (Å²) in [5.74, 6) is -5.65. The lowest BCUT2D eigenvalue weighted by molar-refractivity contribution is -0.234. The van der Waals surface area contributed by atoms with Gasteiger partial charge in [-0.1, -0.05) is 6.07 Å². The second kappa shape index (κ2) is 8.59. The Morgan fingerprint density at radius 1 is 0.923 bits per heavy atom. The monoisotopic (exact) mass is 370 g/mol.